The van der Waals surface area contributed by atoms with Crippen LogP contribution in [0, 0.1) is 0 Å². The fourth-order valence-corrected chi connectivity index (χ4v) is 4.22. The van der Waals surface area contributed by atoms with Crippen LogP contribution in [0.1, 0.15) is 17.0 Å². The standard InChI is InChI=1S/C13H12BrNS2/c14-7-13-15-11(8-17-13)9-3-4-12-10(6-9)2-1-5-16-12/h3-4,6,8H,1-2,5,7H2. The van der Waals surface area contributed by atoms with Crippen LogP contribution >= 0.6 is 39.0 Å². The van der Waals surface area contributed by atoms with E-state index in [1.54, 1.807) is 11.3 Å². The Morgan fingerprint density at radius 2 is 2.29 bits per heavy atom. The molecule has 0 unspecified atom stereocenters. The smallest absolute Gasteiger partial charge is 0.104 e. The third kappa shape index (κ3) is 2.44. The number of aromatic nitrogens is 1. The zero-order valence-corrected chi connectivity index (χ0v) is 12.5. The molecule has 0 atom stereocenters. The summed E-state index contributed by atoms with van der Waals surface area (Å²) in [5.41, 5.74) is 3.87. The molecule has 1 nitrogen and oxygen atoms in total. The highest BCUT2D eigenvalue weighted by Crippen LogP contribution is 2.33. The van der Waals surface area contributed by atoms with Gasteiger partial charge in [-0.1, -0.05) is 22.0 Å². The first-order valence-electron chi connectivity index (χ1n) is 5.63. The number of benzene rings is 1. The quantitative estimate of drug-likeness (QED) is 0.739. The summed E-state index contributed by atoms with van der Waals surface area (Å²) < 4.78 is 0. The van der Waals surface area contributed by atoms with Crippen LogP contribution in [0.5, 0.6) is 0 Å². The van der Waals surface area contributed by atoms with Crippen molar-refractivity contribution >= 4 is 39.0 Å². The fourth-order valence-electron chi connectivity index (χ4n) is 2.02. The van der Waals surface area contributed by atoms with E-state index in [1.807, 2.05) is 11.8 Å². The Morgan fingerprint density at radius 3 is 3.12 bits per heavy atom. The van der Waals surface area contributed by atoms with Gasteiger partial charge in [-0.05, 0) is 36.3 Å². The molecule has 0 radical (unpaired) electrons. The maximum atomic E-state index is 4.61. The first kappa shape index (κ1) is 11.8. The van der Waals surface area contributed by atoms with Gasteiger partial charge in [0.25, 0.3) is 0 Å². The van der Waals surface area contributed by atoms with Crippen LogP contribution in [-0.4, -0.2) is 10.7 Å². The third-order valence-corrected chi connectivity index (χ3v) is 5.82. The van der Waals surface area contributed by atoms with Crippen molar-refractivity contribution in [1.29, 1.82) is 0 Å². The Balaban J connectivity index is 1.97. The van der Waals surface area contributed by atoms with Crippen molar-refractivity contribution in [2.45, 2.75) is 23.1 Å². The normalized spacial score (nSPS) is 14.6. The SMILES string of the molecule is BrCc1nc(-c2ccc3c(c2)CCCS3)cs1. The van der Waals surface area contributed by atoms with Crippen LogP contribution in [-0.2, 0) is 11.8 Å². The average molecular weight is 326 g/mol. The summed E-state index contributed by atoms with van der Waals surface area (Å²) in [5.74, 6) is 1.26. The van der Waals surface area contributed by atoms with Crippen molar-refractivity contribution in [3.05, 3.63) is 34.2 Å². The van der Waals surface area contributed by atoms with E-state index in [2.05, 4.69) is 44.5 Å². The van der Waals surface area contributed by atoms with Gasteiger partial charge in [-0.2, -0.15) is 0 Å². The summed E-state index contributed by atoms with van der Waals surface area (Å²) in [5, 5.41) is 4.14. The lowest BCUT2D eigenvalue weighted by Gasteiger charge is -2.15. The molecule has 3 rings (SSSR count). The minimum Gasteiger partial charge on any atom is -0.240 e. The van der Waals surface area contributed by atoms with Crippen LogP contribution < -0.4 is 0 Å². The van der Waals surface area contributed by atoms with Crippen molar-refractivity contribution < 1.29 is 0 Å². The number of thiazole rings is 1. The van der Waals surface area contributed by atoms with Gasteiger partial charge in [0.15, 0.2) is 0 Å². The highest BCUT2D eigenvalue weighted by molar-refractivity contribution is 9.08. The molecule has 1 aliphatic heterocycles. The molecule has 0 N–H and O–H groups in total. The van der Waals surface area contributed by atoms with Crippen LogP contribution in [0.4, 0.5) is 0 Å². The monoisotopic (exact) mass is 325 g/mol. The molecule has 0 bridgehead atoms. The van der Waals surface area contributed by atoms with Crippen LogP contribution in [0.15, 0.2) is 28.5 Å². The van der Waals surface area contributed by atoms with Crippen molar-refractivity contribution in [2.75, 3.05) is 5.75 Å². The molecule has 0 fully saturated rings. The summed E-state index contributed by atoms with van der Waals surface area (Å²) in [6, 6.07) is 6.76. The van der Waals surface area contributed by atoms with Gasteiger partial charge in [0, 0.05) is 15.8 Å². The highest BCUT2D eigenvalue weighted by Gasteiger charge is 2.11. The molecule has 0 spiro atoms. The Kier molecular flexibility index (Phi) is 3.54. The van der Waals surface area contributed by atoms with Crippen molar-refractivity contribution in [2.24, 2.45) is 0 Å². The minimum atomic E-state index is 0.846. The number of hydrogen-bond acceptors (Lipinski definition) is 3. The van der Waals surface area contributed by atoms with E-state index >= 15 is 0 Å². The lowest BCUT2D eigenvalue weighted by Crippen LogP contribution is -1.98. The van der Waals surface area contributed by atoms with E-state index in [1.165, 1.54) is 34.6 Å². The zero-order chi connectivity index (χ0) is 11.7. The topological polar surface area (TPSA) is 12.9 Å². The van der Waals surface area contributed by atoms with E-state index in [4.69, 9.17) is 0 Å². The first-order chi connectivity index (χ1) is 8.36. The number of rotatable bonds is 2. The Bertz CT molecular complexity index is 536. The number of aryl methyl sites for hydroxylation is 1. The number of alkyl halides is 1. The van der Waals surface area contributed by atoms with Crippen molar-refractivity contribution in [3.63, 3.8) is 0 Å². The van der Waals surface area contributed by atoms with Gasteiger partial charge < -0.3 is 0 Å². The molecule has 2 aromatic rings. The van der Waals surface area contributed by atoms with E-state index < -0.39 is 0 Å². The maximum absolute atomic E-state index is 4.61. The van der Waals surface area contributed by atoms with Gasteiger partial charge >= 0.3 is 0 Å². The molecule has 2 heterocycles. The number of halogens is 1. The summed E-state index contributed by atoms with van der Waals surface area (Å²) in [4.78, 5) is 6.07. The third-order valence-electron chi connectivity index (χ3n) is 2.87. The van der Waals surface area contributed by atoms with Gasteiger partial charge in [0.05, 0.1) is 11.0 Å². The van der Waals surface area contributed by atoms with Crippen molar-refractivity contribution in [1.82, 2.24) is 4.98 Å². The second kappa shape index (κ2) is 5.12. The largest absolute Gasteiger partial charge is 0.240 e. The second-order valence-corrected chi connectivity index (χ2v) is 6.67. The predicted octanol–water partition coefficient (Wildman–Crippen LogP) is 4.74. The molecule has 0 saturated carbocycles. The lowest BCUT2D eigenvalue weighted by atomic mass is 10.0. The molecule has 0 saturated heterocycles. The molecule has 0 aliphatic carbocycles. The minimum absolute atomic E-state index is 0.846. The second-order valence-electron chi connectivity index (χ2n) is 4.03. The highest BCUT2D eigenvalue weighted by atomic mass is 79.9. The van der Waals surface area contributed by atoms with Crippen LogP contribution in [0.2, 0.25) is 0 Å². The first-order valence-corrected chi connectivity index (χ1v) is 8.62. The Morgan fingerprint density at radius 1 is 1.35 bits per heavy atom. The van der Waals surface area contributed by atoms with E-state index in [-0.39, 0.29) is 0 Å². The summed E-state index contributed by atoms with van der Waals surface area (Å²) in [6.07, 6.45) is 2.51. The molecule has 88 valence electrons. The number of fused-ring (bicyclic) bond motifs is 1. The summed E-state index contributed by atoms with van der Waals surface area (Å²) in [6.45, 7) is 0. The van der Waals surface area contributed by atoms with Gasteiger partial charge in [0.2, 0.25) is 0 Å². The van der Waals surface area contributed by atoms with Crippen molar-refractivity contribution in [3.8, 4) is 11.3 Å². The number of nitrogens with zero attached hydrogens (tertiary/aromatic N) is 1. The van der Waals surface area contributed by atoms with E-state index in [9.17, 15) is 0 Å². The lowest BCUT2D eigenvalue weighted by molar-refractivity contribution is 0.890. The molecular formula is C13H12BrNS2. The average Bonchev–Trinajstić information content (AvgIpc) is 2.87. The van der Waals surface area contributed by atoms with Gasteiger partial charge in [0.1, 0.15) is 5.01 Å². The Labute approximate surface area is 118 Å². The molecular weight excluding hydrogens is 314 g/mol. The Hall–Kier alpha value is -0.320. The van der Waals surface area contributed by atoms with Crippen LogP contribution in [0.3, 0.4) is 0 Å². The van der Waals surface area contributed by atoms with Gasteiger partial charge in [-0.3, -0.25) is 0 Å². The van der Waals surface area contributed by atoms with E-state index in [0.29, 0.717) is 0 Å². The molecule has 1 aliphatic rings. The predicted molar refractivity (Wildman–Crippen MR) is 79.2 cm³/mol. The molecule has 17 heavy (non-hydrogen) atoms. The van der Waals surface area contributed by atoms with Crippen LogP contribution in [0.25, 0.3) is 11.3 Å². The number of thioether (sulfide) groups is 1. The maximum Gasteiger partial charge on any atom is 0.104 e. The number of hydrogen-bond donors (Lipinski definition) is 0. The fraction of sp³-hybridized carbons (Fsp3) is 0.308. The molecule has 4 heteroatoms. The molecule has 1 aromatic heterocycles. The summed E-state index contributed by atoms with van der Waals surface area (Å²) in [7, 11) is 0. The molecule has 1 aromatic carbocycles. The van der Waals surface area contributed by atoms with E-state index in [0.717, 1.165) is 16.0 Å². The van der Waals surface area contributed by atoms with Gasteiger partial charge in [-0.15, -0.1) is 23.1 Å². The summed E-state index contributed by atoms with van der Waals surface area (Å²) >= 11 is 7.14. The molecule has 0 amide bonds. The van der Waals surface area contributed by atoms with Gasteiger partial charge in [-0.25, -0.2) is 4.98 Å². The zero-order valence-electron chi connectivity index (χ0n) is 9.28.